The van der Waals surface area contributed by atoms with E-state index in [1.54, 1.807) is 6.08 Å². The van der Waals surface area contributed by atoms with Crippen molar-refractivity contribution in [1.82, 2.24) is 0 Å². The Hall–Kier alpha value is -1.42. The van der Waals surface area contributed by atoms with Crippen molar-refractivity contribution >= 4 is 11.8 Å². The number of hydrogen-bond acceptors (Lipinski definition) is 3. The van der Waals surface area contributed by atoms with E-state index < -0.39 is 12.1 Å². The molecule has 0 aliphatic heterocycles. The standard InChI is InChI=1S/C20H32O4/c1-2-3-6-10-18-16(13-15-19(18)22)12-14-17(21)9-7-4-5-8-11-20(23)24/h12-18,21H,2-11H2,1H3,(H,23,24)/b14-12+/t16-,17+,18-/m0/s1. The lowest BCUT2D eigenvalue weighted by Crippen LogP contribution is -2.15. The summed E-state index contributed by atoms with van der Waals surface area (Å²) in [7, 11) is 0. The Bertz CT molecular complexity index is 439. The molecule has 0 bridgehead atoms. The number of aliphatic hydroxyl groups is 1. The smallest absolute Gasteiger partial charge is 0.303 e. The Morgan fingerprint density at radius 1 is 1.21 bits per heavy atom. The first-order valence-corrected chi connectivity index (χ1v) is 9.34. The van der Waals surface area contributed by atoms with Gasteiger partial charge in [-0.1, -0.05) is 63.7 Å². The summed E-state index contributed by atoms with van der Waals surface area (Å²) < 4.78 is 0. The number of aliphatic hydroxyl groups excluding tert-OH is 1. The lowest BCUT2D eigenvalue weighted by atomic mass is 9.89. The fourth-order valence-electron chi connectivity index (χ4n) is 3.14. The molecule has 3 atom stereocenters. The van der Waals surface area contributed by atoms with E-state index in [1.165, 1.54) is 0 Å². The molecular formula is C20H32O4. The van der Waals surface area contributed by atoms with E-state index in [4.69, 9.17) is 5.11 Å². The molecule has 1 aliphatic carbocycles. The van der Waals surface area contributed by atoms with Crippen LogP contribution in [0.15, 0.2) is 24.3 Å². The average molecular weight is 336 g/mol. The molecule has 24 heavy (non-hydrogen) atoms. The van der Waals surface area contributed by atoms with Crippen molar-refractivity contribution in [2.24, 2.45) is 11.8 Å². The minimum Gasteiger partial charge on any atom is -0.481 e. The third-order valence-electron chi connectivity index (χ3n) is 4.63. The number of hydrogen-bond donors (Lipinski definition) is 2. The molecule has 0 aromatic carbocycles. The zero-order valence-corrected chi connectivity index (χ0v) is 14.8. The monoisotopic (exact) mass is 336 g/mol. The Morgan fingerprint density at radius 3 is 2.67 bits per heavy atom. The summed E-state index contributed by atoms with van der Waals surface area (Å²) >= 11 is 0. The quantitative estimate of drug-likeness (QED) is 0.389. The molecule has 1 aliphatic rings. The molecule has 4 nitrogen and oxygen atoms in total. The molecule has 0 radical (unpaired) electrons. The van der Waals surface area contributed by atoms with E-state index in [0.29, 0.717) is 12.8 Å². The van der Waals surface area contributed by atoms with Gasteiger partial charge in [0.2, 0.25) is 0 Å². The van der Waals surface area contributed by atoms with E-state index in [0.717, 1.165) is 44.9 Å². The summed E-state index contributed by atoms with van der Waals surface area (Å²) in [5, 5.41) is 18.6. The molecule has 0 amide bonds. The van der Waals surface area contributed by atoms with Crippen LogP contribution >= 0.6 is 0 Å². The normalized spacial score (nSPS) is 21.7. The maximum atomic E-state index is 11.9. The Labute approximate surface area is 145 Å². The summed E-state index contributed by atoms with van der Waals surface area (Å²) in [5.41, 5.74) is 0. The van der Waals surface area contributed by atoms with Crippen molar-refractivity contribution < 1.29 is 19.8 Å². The van der Waals surface area contributed by atoms with Crippen LogP contribution in [-0.2, 0) is 9.59 Å². The van der Waals surface area contributed by atoms with Crippen molar-refractivity contribution in [2.45, 2.75) is 77.2 Å². The maximum absolute atomic E-state index is 11.9. The first-order chi connectivity index (χ1) is 11.5. The topological polar surface area (TPSA) is 74.6 Å². The van der Waals surface area contributed by atoms with E-state index in [1.807, 2.05) is 18.2 Å². The molecule has 0 heterocycles. The minimum atomic E-state index is -0.745. The molecule has 4 heteroatoms. The van der Waals surface area contributed by atoms with Gasteiger partial charge in [0.15, 0.2) is 5.78 Å². The second kappa shape index (κ2) is 12.0. The van der Waals surface area contributed by atoms with Gasteiger partial charge < -0.3 is 10.2 Å². The molecule has 2 N–H and O–H groups in total. The van der Waals surface area contributed by atoms with Gasteiger partial charge in [-0.3, -0.25) is 9.59 Å². The SMILES string of the molecule is CCCCC[C@@H]1C(=O)C=C[C@@H]1/C=C/[C@H](O)CCCCCCC(=O)O. The molecule has 0 unspecified atom stereocenters. The molecule has 1 rings (SSSR count). The van der Waals surface area contributed by atoms with Crippen LogP contribution in [0.5, 0.6) is 0 Å². The number of carbonyl (C=O) groups excluding carboxylic acids is 1. The number of carboxylic acids is 1. The van der Waals surface area contributed by atoms with E-state index in [9.17, 15) is 14.7 Å². The zero-order valence-electron chi connectivity index (χ0n) is 14.8. The second-order valence-electron chi connectivity index (χ2n) is 6.74. The van der Waals surface area contributed by atoms with Crippen molar-refractivity contribution in [2.75, 3.05) is 0 Å². The van der Waals surface area contributed by atoms with E-state index >= 15 is 0 Å². The molecule has 0 spiro atoms. The second-order valence-corrected chi connectivity index (χ2v) is 6.74. The van der Waals surface area contributed by atoms with Gasteiger partial charge in [0.1, 0.15) is 0 Å². The van der Waals surface area contributed by atoms with Gasteiger partial charge in [-0.15, -0.1) is 0 Å². The van der Waals surface area contributed by atoms with Crippen LogP contribution in [0.25, 0.3) is 0 Å². The molecule has 136 valence electrons. The van der Waals surface area contributed by atoms with Gasteiger partial charge in [-0.05, 0) is 25.3 Å². The maximum Gasteiger partial charge on any atom is 0.303 e. The van der Waals surface area contributed by atoms with Crippen LogP contribution < -0.4 is 0 Å². The number of allylic oxidation sites excluding steroid dienone is 3. The molecule has 0 fully saturated rings. The Morgan fingerprint density at radius 2 is 1.96 bits per heavy atom. The van der Waals surface area contributed by atoms with E-state index in [2.05, 4.69) is 6.92 Å². The number of unbranched alkanes of at least 4 members (excludes halogenated alkanes) is 5. The van der Waals surface area contributed by atoms with Gasteiger partial charge in [-0.2, -0.15) is 0 Å². The predicted molar refractivity (Wildman–Crippen MR) is 95.8 cm³/mol. The van der Waals surface area contributed by atoms with Crippen LogP contribution in [0.1, 0.15) is 71.1 Å². The molecule has 0 saturated carbocycles. The first kappa shape index (κ1) is 20.6. The van der Waals surface area contributed by atoms with Gasteiger partial charge in [-0.25, -0.2) is 0 Å². The van der Waals surface area contributed by atoms with Crippen molar-refractivity contribution in [3.8, 4) is 0 Å². The summed E-state index contributed by atoms with van der Waals surface area (Å²) in [6, 6.07) is 0. The largest absolute Gasteiger partial charge is 0.481 e. The molecule has 0 aromatic heterocycles. The third-order valence-corrected chi connectivity index (χ3v) is 4.63. The Balaban J connectivity index is 2.24. The summed E-state index contributed by atoms with van der Waals surface area (Å²) in [5.74, 6) is -0.352. The lowest BCUT2D eigenvalue weighted by Gasteiger charge is -2.15. The summed E-state index contributed by atoms with van der Waals surface area (Å²) in [4.78, 5) is 22.3. The summed E-state index contributed by atoms with van der Waals surface area (Å²) in [6.07, 6.45) is 15.6. The van der Waals surface area contributed by atoms with Gasteiger partial charge >= 0.3 is 5.97 Å². The Kier molecular flexibility index (Phi) is 10.3. The molecular weight excluding hydrogens is 304 g/mol. The first-order valence-electron chi connectivity index (χ1n) is 9.34. The van der Waals surface area contributed by atoms with Crippen LogP contribution in [0, 0.1) is 11.8 Å². The van der Waals surface area contributed by atoms with Crippen LogP contribution in [0.2, 0.25) is 0 Å². The van der Waals surface area contributed by atoms with Crippen molar-refractivity contribution in [3.63, 3.8) is 0 Å². The lowest BCUT2D eigenvalue weighted by molar-refractivity contribution is -0.137. The van der Waals surface area contributed by atoms with Gasteiger partial charge in [0, 0.05) is 18.3 Å². The fourth-order valence-corrected chi connectivity index (χ4v) is 3.14. The number of ketones is 1. The zero-order chi connectivity index (χ0) is 17.8. The van der Waals surface area contributed by atoms with Crippen molar-refractivity contribution in [3.05, 3.63) is 24.3 Å². The number of rotatable bonds is 13. The third kappa shape index (κ3) is 8.44. The van der Waals surface area contributed by atoms with Crippen LogP contribution in [0.3, 0.4) is 0 Å². The number of carboxylic acid groups (broad SMARTS) is 1. The highest BCUT2D eigenvalue weighted by Gasteiger charge is 2.27. The minimum absolute atomic E-state index is 0.0519. The number of carbonyl (C=O) groups is 2. The van der Waals surface area contributed by atoms with Gasteiger partial charge in [0.25, 0.3) is 0 Å². The molecule has 0 saturated heterocycles. The molecule has 0 aromatic rings. The average Bonchev–Trinajstić information content (AvgIpc) is 2.89. The van der Waals surface area contributed by atoms with Gasteiger partial charge in [0.05, 0.1) is 6.10 Å². The number of aliphatic carboxylic acids is 1. The highest BCUT2D eigenvalue weighted by Crippen LogP contribution is 2.28. The summed E-state index contributed by atoms with van der Waals surface area (Å²) in [6.45, 7) is 2.16. The van der Waals surface area contributed by atoms with Crippen LogP contribution in [-0.4, -0.2) is 28.1 Å². The highest BCUT2D eigenvalue weighted by molar-refractivity contribution is 5.94. The van der Waals surface area contributed by atoms with Crippen LogP contribution in [0.4, 0.5) is 0 Å². The van der Waals surface area contributed by atoms with E-state index in [-0.39, 0.29) is 24.0 Å². The fraction of sp³-hybridized carbons (Fsp3) is 0.700. The predicted octanol–water partition coefficient (Wildman–Crippen LogP) is 4.28. The van der Waals surface area contributed by atoms with Crippen molar-refractivity contribution in [1.29, 1.82) is 0 Å². The highest BCUT2D eigenvalue weighted by atomic mass is 16.4.